The number of aliphatic hydroxyl groups is 1. The van der Waals surface area contributed by atoms with Gasteiger partial charge in [-0.3, -0.25) is 4.79 Å². The van der Waals surface area contributed by atoms with Crippen molar-refractivity contribution >= 4 is 5.91 Å². The van der Waals surface area contributed by atoms with Crippen LogP contribution in [-0.4, -0.2) is 20.6 Å². The van der Waals surface area contributed by atoms with E-state index < -0.39 is 12.0 Å². The minimum atomic E-state index is -0.649. The number of carbonyl (C=O) groups excluding carboxylic acids is 1. The summed E-state index contributed by atoms with van der Waals surface area (Å²) in [5, 5.41) is 11.2. The number of hydrogen-bond donors (Lipinski definition) is 2. The molecule has 2 aliphatic rings. The molecule has 5 rings (SSSR count). The molecule has 1 aromatic heterocycles. The Balaban J connectivity index is 1.60. The summed E-state index contributed by atoms with van der Waals surface area (Å²) in [5.74, 6) is -0.451. The number of aliphatic hydroxyl groups excluding tert-OH is 1. The summed E-state index contributed by atoms with van der Waals surface area (Å²) in [7, 11) is 0. The Morgan fingerprint density at radius 2 is 2.04 bits per heavy atom. The summed E-state index contributed by atoms with van der Waals surface area (Å²) < 4.78 is 2.17. The smallest absolute Gasteiger partial charge is 0.248 e. The number of nitrogens with two attached hydrogens (primary N) is 1. The zero-order valence-electron chi connectivity index (χ0n) is 14.2. The number of aryl methyl sites for hydroxylation is 1. The van der Waals surface area contributed by atoms with Gasteiger partial charge in [0.25, 0.3) is 0 Å². The van der Waals surface area contributed by atoms with Crippen molar-refractivity contribution in [3.8, 4) is 11.3 Å². The van der Waals surface area contributed by atoms with Crippen molar-refractivity contribution in [2.24, 2.45) is 11.7 Å². The highest BCUT2D eigenvalue weighted by molar-refractivity contribution is 5.93. The summed E-state index contributed by atoms with van der Waals surface area (Å²) in [6.45, 7) is 0. The number of fused-ring (bicyclic) bond motifs is 4. The standard InChI is InChI=1S/C21H19N3O2/c22-21(26)13-6-5-12-7-8-16(20(25)17(12)9-13)19-15-4-2-1-3-14(15)18-10-23-11-24(18)19/h1-6,9-11,16,19-20,25H,7-8H2,(H2,22,26)/t16-,19+,20+/m1/s1. The predicted molar refractivity (Wildman–Crippen MR) is 97.5 cm³/mol. The van der Waals surface area contributed by atoms with Crippen LogP contribution in [-0.2, 0) is 6.42 Å². The molecule has 0 radical (unpaired) electrons. The molecule has 2 heterocycles. The SMILES string of the molecule is NC(=O)c1ccc2c(c1)[C@@H](O)[C@@H]([C@@H]1c3ccccc3-c3cncn31)CC2. The molecule has 0 spiro atoms. The fraction of sp³-hybridized carbons (Fsp3) is 0.238. The Labute approximate surface area is 151 Å². The van der Waals surface area contributed by atoms with E-state index in [1.807, 2.05) is 30.7 Å². The molecule has 0 unspecified atom stereocenters. The minimum absolute atomic E-state index is 0.0160. The molecular weight excluding hydrogens is 326 g/mol. The lowest BCUT2D eigenvalue weighted by atomic mass is 9.75. The topological polar surface area (TPSA) is 81.1 Å². The first-order chi connectivity index (χ1) is 12.6. The molecule has 0 bridgehead atoms. The summed E-state index contributed by atoms with van der Waals surface area (Å²) in [6.07, 6.45) is 4.83. The van der Waals surface area contributed by atoms with Gasteiger partial charge < -0.3 is 15.4 Å². The lowest BCUT2D eigenvalue weighted by Crippen LogP contribution is -2.29. The second kappa shape index (κ2) is 5.54. The summed E-state index contributed by atoms with van der Waals surface area (Å²) >= 11 is 0. The first-order valence-electron chi connectivity index (χ1n) is 8.87. The van der Waals surface area contributed by atoms with Crippen LogP contribution < -0.4 is 5.73 Å². The number of aromatic nitrogens is 2. The number of primary amides is 1. The molecule has 2 aromatic carbocycles. The minimum Gasteiger partial charge on any atom is -0.388 e. The van der Waals surface area contributed by atoms with Gasteiger partial charge >= 0.3 is 0 Å². The maximum atomic E-state index is 11.6. The van der Waals surface area contributed by atoms with Crippen LogP contribution in [0.5, 0.6) is 0 Å². The number of amides is 1. The fourth-order valence-corrected chi connectivity index (χ4v) is 4.60. The lowest BCUT2D eigenvalue weighted by molar-refractivity contribution is 0.0719. The summed E-state index contributed by atoms with van der Waals surface area (Å²) in [4.78, 5) is 15.9. The van der Waals surface area contributed by atoms with Gasteiger partial charge in [0, 0.05) is 17.0 Å². The maximum Gasteiger partial charge on any atom is 0.248 e. The highest BCUT2D eigenvalue weighted by atomic mass is 16.3. The van der Waals surface area contributed by atoms with Gasteiger partial charge in [-0.2, -0.15) is 0 Å². The quantitative estimate of drug-likeness (QED) is 0.749. The Morgan fingerprint density at radius 3 is 2.88 bits per heavy atom. The van der Waals surface area contributed by atoms with Crippen LogP contribution in [0.2, 0.25) is 0 Å². The molecule has 0 saturated heterocycles. The third-order valence-electron chi connectivity index (χ3n) is 5.83. The molecular formula is C21H19N3O2. The van der Waals surface area contributed by atoms with E-state index in [4.69, 9.17) is 5.73 Å². The monoisotopic (exact) mass is 345 g/mol. The van der Waals surface area contributed by atoms with Gasteiger partial charge in [-0.25, -0.2) is 4.98 Å². The van der Waals surface area contributed by atoms with E-state index in [0.717, 1.165) is 29.7 Å². The molecule has 1 amide bonds. The van der Waals surface area contributed by atoms with Gasteiger partial charge in [-0.05, 0) is 41.7 Å². The third kappa shape index (κ3) is 2.07. The largest absolute Gasteiger partial charge is 0.388 e. The molecule has 1 aliphatic heterocycles. The van der Waals surface area contributed by atoms with Gasteiger partial charge in [-0.15, -0.1) is 0 Å². The molecule has 3 aromatic rings. The summed E-state index contributed by atoms with van der Waals surface area (Å²) in [5.41, 5.74) is 11.3. The molecule has 3 atom stereocenters. The van der Waals surface area contributed by atoms with Crippen molar-refractivity contribution in [1.82, 2.24) is 9.55 Å². The van der Waals surface area contributed by atoms with Crippen molar-refractivity contribution in [2.45, 2.75) is 25.0 Å². The van der Waals surface area contributed by atoms with Crippen LogP contribution in [0.4, 0.5) is 0 Å². The van der Waals surface area contributed by atoms with E-state index in [-0.39, 0.29) is 12.0 Å². The molecule has 0 saturated carbocycles. The number of rotatable bonds is 2. The van der Waals surface area contributed by atoms with Crippen molar-refractivity contribution in [1.29, 1.82) is 0 Å². The lowest BCUT2D eigenvalue weighted by Gasteiger charge is -2.35. The fourth-order valence-electron chi connectivity index (χ4n) is 4.60. The molecule has 5 nitrogen and oxygen atoms in total. The van der Waals surface area contributed by atoms with Crippen LogP contribution in [0.25, 0.3) is 11.3 Å². The van der Waals surface area contributed by atoms with Gasteiger partial charge in [0.1, 0.15) is 0 Å². The van der Waals surface area contributed by atoms with Gasteiger partial charge in [-0.1, -0.05) is 30.3 Å². The molecule has 26 heavy (non-hydrogen) atoms. The van der Waals surface area contributed by atoms with Crippen LogP contribution in [0.1, 0.15) is 45.6 Å². The second-order valence-electron chi connectivity index (χ2n) is 7.14. The van der Waals surface area contributed by atoms with Gasteiger partial charge in [0.15, 0.2) is 0 Å². The Morgan fingerprint density at radius 1 is 1.19 bits per heavy atom. The van der Waals surface area contributed by atoms with Crippen molar-refractivity contribution in [2.75, 3.05) is 0 Å². The maximum absolute atomic E-state index is 11.6. The van der Waals surface area contributed by atoms with Crippen molar-refractivity contribution in [3.63, 3.8) is 0 Å². The van der Waals surface area contributed by atoms with E-state index in [2.05, 4.69) is 21.7 Å². The van der Waals surface area contributed by atoms with E-state index in [0.29, 0.717) is 5.56 Å². The Bertz CT molecular complexity index is 1020. The third-order valence-corrected chi connectivity index (χ3v) is 5.83. The molecule has 130 valence electrons. The summed E-state index contributed by atoms with van der Waals surface area (Å²) in [6, 6.07) is 13.8. The number of nitrogens with zero attached hydrogens (tertiary/aromatic N) is 2. The van der Waals surface area contributed by atoms with E-state index in [1.165, 1.54) is 11.1 Å². The van der Waals surface area contributed by atoms with E-state index in [9.17, 15) is 9.90 Å². The first-order valence-corrected chi connectivity index (χ1v) is 8.87. The van der Waals surface area contributed by atoms with E-state index in [1.54, 1.807) is 12.1 Å². The Kier molecular flexibility index (Phi) is 3.27. The molecule has 0 fully saturated rings. The van der Waals surface area contributed by atoms with Gasteiger partial charge in [0.2, 0.25) is 5.91 Å². The molecule has 1 aliphatic carbocycles. The van der Waals surface area contributed by atoms with Crippen molar-refractivity contribution < 1.29 is 9.90 Å². The van der Waals surface area contributed by atoms with Crippen LogP contribution >= 0.6 is 0 Å². The highest BCUT2D eigenvalue weighted by Crippen LogP contribution is 2.49. The second-order valence-corrected chi connectivity index (χ2v) is 7.14. The highest BCUT2D eigenvalue weighted by Gasteiger charge is 2.40. The van der Waals surface area contributed by atoms with Gasteiger partial charge in [0.05, 0.1) is 30.4 Å². The van der Waals surface area contributed by atoms with Crippen molar-refractivity contribution in [3.05, 3.63) is 77.2 Å². The molecule has 5 heteroatoms. The normalized spacial score (nSPS) is 23.2. The number of carbonyl (C=O) groups is 1. The van der Waals surface area contributed by atoms with Crippen LogP contribution in [0.3, 0.4) is 0 Å². The Hall–Kier alpha value is -2.92. The first kappa shape index (κ1) is 15.3. The zero-order chi connectivity index (χ0) is 17.8. The number of imidazole rings is 1. The predicted octanol–water partition coefficient (Wildman–Crippen LogP) is 2.85. The average Bonchev–Trinajstić information content (AvgIpc) is 3.23. The number of hydrogen-bond acceptors (Lipinski definition) is 3. The number of benzene rings is 2. The molecule has 3 N–H and O–H groups in total. The van der Waals surface area contributed by atoms with Crippen LogP contribution in [0.15, 0.2) is 55.0 Å². The zero-order valence-corrected chi connectivity index (χ0v) is 14.2. The average molecular weight is 345 g/mol. The van der Waals surface area contributed by atoms with E-state index >= 15 is 0 Å². The van der Waals surface area contributed by atoms with Crippen LogP contribution in [0, 0.1) is 5.92 Å².